The molecule has 0 saturated carbocycles. The highest BCUT2D eigenvalue weighted by molar-refractivity contribution is 9.10. The maximum atomic E-state index is 13.6. The Morgan fingerprint density at radius 1 is 1.19 bits per heavy atom. The minimum atomic E-state index is -0.864. The molecule has 0 saturated heterocycles. The van der Waals surface area contributed by atoms with Gasteiger partial charge in [-0.25, -0.2) is 13.6 Å². The zero-order chi connectivity index (χ0) is 18.7. The molecule has 0 atom stereocenters. The van der Waals surface area contributed by atoms with Crippen LogP contribution in [0.5, 0.6) is 5.75 Å². The molecule has 3 N–H and O–H groups in total. The molecule has 0 spiro atoms. The molecule has 0 aliphatic carbocycles. The third kappa shape index (κ3) is 3.83. The van der Waals surface area contributed by atoms with Crippen molar-refractivity contribution >= 4 is 33.3 Å². The molecular weight excluding hydrogens is 410 g/mol. The van der Waals surface area contributed by atoms with Crippen molar-refractivity contribution in [1.82, 2.24) is 10.2 Å². The van der Waals surface area contributed by atoms with Gasteiger partial charge in [-0.1, -0.05) is 0 Å². The SMILES string of the molecule is COc1ccc(NC(=O)Nc2ccc(F)cc2F)cc1-c1[nH]ncc1Br. The number of nitrogens with one attached hydrogen (secondary N) is 3. The first-order valence-electron chi connectivity index (χ1n) is 7.38. The number of hydrogen-bond donors (Lipinski definition) is 3. The number of amides is 2. The fourth-order valence-corrected chi connectivity index (χ4v) is 2.72. The molecule has 3 rings (SSSR count). The molecule has 3 aromatic rings. The first-order valence-corrected chi connectivity index (χ1v) is 8.17. The van der Waals surface area contributed by atoms with E-state index in [0.29, 0.717) is 28.8 Å². The van der Waals surface area contributed by atoms with E-state index in [9.17, 15) is 13.6 Å². The summed E-state index contributed by atoms with van der Waals surface area (Å²) < 4.78 is 32.6. The maximum absolute atomic E-state index is 13.6. The number of benzene rings is 2. The topological polar surface area (TPSA) is 79.0 Å². The quantitative estimate of drug-likeness (QED) is 0.566. The minimum Gasteiger partial charge on any atom is -0.496 e. The summed E-state index contributed by atoms with van der Waals surface area (Å²) in [6.07, 6.45) is 1.60. The standard InChI is InChI=1S/C17H13BrF2N4O2/c1-26-15-5-3-10(7-11(15)16-12(18)8-21-24-16)22-17(25)23-14-4-2-9(19)6-13(14)20/h2-8H,1H3,(H,21,24)(H2,22,23,25). The van der Waals surface area contributed by atoms with E-state index < -0.39 is 17.7 Å². The summed E-state index contributed by atoms with van der Waals surface area (Å²) >= 11 is 3.38. The highest BCUT2D eigenvalue weighted by Gasteiger charge is 2.14. The van der Waals surface area contributed by atoms with Crippen LogP contribution in [0.4, 0.5) is 25.0 Å². The van der Waals surface area contributed by atoms with Crippen molar-refractivity contribution < 1.29 is 18.3 Å². The van der Waals surface area contributed by atoms with E-state index in [-0.39, 0.29) is 5.69 Å². The van der Waals surface area contributed by atoms with E-state index in [4.69, 9.17) is 4.74 Å². The highest BCUT2D eigenvalue weighted by atomic mass is 79.9. The van der Waals surface area contributed by atoms with E-state index in [1.807, 2.05) is 0 Å². The number of carbonyl (C=O) groups is 1. The summed E-state index contributed by atoms with van der Waals surface area (Å²) in [5.74, 6) is -1.01. The second-order valence-corrected chi connectivity index (χ2v) is 6.07. The monoisotopic (exact) mass is 422 g/mol. The summed E-state index contributed by atoms with van der Waals surface area (Å²) in [5.41, 5.74) is 1.66. The van der Waals surface area contributed by atoms with Gasteiger partial charge in [0.15, 0.2) is 0 Å². The summed E-state index contributed by atoms with van der Waals surface area (Å²) in [5, 5.41) is 11.7. The van der Waals surface area contributed by atoms with Gasteiger partial charge >= 0.3 is 6.03 Å². The van der Waals surface area contributed by atoms with Crippen LogP contribution in [0.25, 0.3) is 11.3 Å². The number of urea groups is 1. The van der Waals surface area contributed by atoms with Gasteiger partial charge in [-0.05, 0) is 46.3 Å². The molecular formula is C17H13BrF2N4O2. The molecule has 2 aromatic carbocycles. The zero-order valence-electron chi connectivity index (χ0n) is 13.4. The van der Waals surface area contributed by atoms with Crippen molar-refractivity contribution in [2.24, 2.45) is 0 Å². The number of ether oxygens (including phenoxy) is 1. The number of hydrogen-bond acceptors (Lipinski definition) is 3. The Hall–Kier alpha value is -2.94. The average Bonchev–Trinajstić information content (AvgIpc) is 3.03. The van der Waals surface area contributed by atoms with Gasteiger partial charge in [-0.15, -0.1) is 0 Å². The number of methoxy groups -OCH3 is 1. The molecule has 9 heteroatoms. The molecule has 0 aliphatic rings. The number of H-pyrrole nitrogens is 1. The van der Waals surface area contributed by atoms with Crippen LogP contribution in [-0.2, 0) is 0 Å². The molecule has 6 nitrogen and oxygen atoms in total. The number of anilines is 2. The van der Waals surface area contributed by atoms with Crippen molar-refractivity contribution in [3.8, 4) is 17.0 Å². The Bertz CT molecular complexity index is 962. The number of aromatic amines is 1. The number of carbonyl (C=O) groups excluding carboxylic acids is 1. The molecule has 134 valence electrons. The Morgan fingerprint density at radius 2 is 2.00 bits per heavy atom. The predicted octanol–water partition coefficient (Wildman–Crippen LogP) is 4.77. The first-order chi connectivity index (χ1) is 12.5. The van der Waals surface area contributed by atoms with Crippen molar-refractivity contribution in [3.63, 3.8) is 0 Å². The van der Waals surface area contributed by atoms with Gasteiger partial charge in [0.1, 0.15) is 17.4 Å². The molecule has 0 bridgehead atoms. The van der Waals surface area contributed by atoms with E-state index >= 15 is 0 Å². The van der Waals surface area contributed by atoms with Gasteiger partial charge in [0.2, 0.25) is 0 Å². The molecule has 26 heavy (non-hydrogen) atoms. The summed E-state index contributed by atoms with van der Waals surface area (Å²) in [6.45, 7) is 0. The fourth-order valence-electron chi connectivity index (χ4n) is 2.32. The van der Waals surface area contributed by atoms with Crippen molar-refractivity contribution in [1.29, 1.82) is 0 Å². The number of aromatic nitrogens is 2. The Balaban J connectivity index is 1.81. The lowest BCUT2D eigenvalue weighted by Gasteiger charge is -2.12. The zero-order valence-corrected chi connectivity index (χ0v) is 15.0. The molecule has 1 heterocycles. The van der Waals surface area contributed by atoms with Crippen LogP contribution in [0, 0.1) is 11.6 Å². The minimum absolute atomic E-state index is 0.131. The molecule has 0 radical (unpaired) electrons. The van der Waals surface area contributed by atoms with Crippen LogP contribution in [0.1, 0.15) is 0 Å². The van der Waals surface area contributed by atoms with Crippen molar-refractivity contribution in [2.75, 3.05) is 17.7 Å². The van der Waals surface area contributed by atoms with Crippen LogP contribution in [-0.4, -0.2) is 23.3 Å². The van der Waals surface area contributed by atoms with Crippen molar-refractivity contribution in [2.45, 2.75) is 0 Å². The maximum Gasteiger partial charge on any atom is 0.323 e. The van der Waals surface area contributed by atoms with E-state index in [1.54, 1.807) is 24.4 Å². The Morgan fingerprint density at radius 3 is 2.65 bits per heavy atom. The fraction of sp³-hybridized carbons (Fsp3) is 0.0588. The number of nitrogens with zero attached hydrogens (tertiary/aromatic N) is 1. The van der Waals surface area contributed by atoms with Crippen molar-refractivity contribution in [3.05, 3.63) is 58.7 Å². The second kappa shape index (κ2) is 7.52. The lowest BCUT2D eigenvalue weighted by Crippen LogP contribution is -2.20. The van der Waals surface area contributed by atoms with Crippen LogP contribution in [0.3, 0.4) is 0 Å². The van der Waals surface area contributed by atoms with Crippen LogP contribution >= 0.6 is 15.9 Å². The number of halogens is 3. The molecule has 0 aliphatic heterocycles. The third-order valence-electron chi connectivity index (χ3n) is 3.50. The van der Waals surface area contributed by atoms with Gasteiger partial charge in [0, 0.05) is 17.3 Å². The molecule has 0 fully saturated rings. The average molecular weight is 423 g/mol. The van der Waals surface area contributed by atoms with E-state index in [2.05, 4.69) is 36.8 Å². The molecule has 2 amide bonds. The van der Waals surface area contributed by atoms with E-state index in [0.717, 1.165) is 16.6 Å². The highest BCUT2D eigenvalue weighted by Crippen LogP contribution is 2.35. The Labute approximate surface area is 155 Å². The van der Waals surface area contributed by atoms with Gasteiger partial charge in [-0.3, -0.25) is 5.10 Å². The largest absolute Gasteiger partial charge is 0.496 e. The Kier molecular flexibility index (Phi) is 5.17. The van der Waals surface area contributed by atoms with Gasteiger partial charge in [0.05, 0.1) is 29.2 Å². The summed E-state index contributed by atoms with van der Waals surface area (Å²) in [6, 6.07) is 7.21. The van der Waals surface area contributed by atoms with Gasteiger partial charge in [0.25, 0.3) is 0 Å². The first kappa shape index (κ1) is 17.9. The normalized spacial score (nSPS) is 10.5. The molecule has 0 unspecified atom stereocenters. The predicted molar refractivity (Wildman–Crippen MR) is 97.3 cm³/mol. The summed E-state index contributed by atoms with van der Waals surface area (Å²) in [4.78, 5) is 12.1. The second-order valence-electron chi connectivity index (χ2n) is 5.21. The van der Waals surface area contributed by atoms with Crippen LogP contribution in [0.2, 0.25) is 0 Å². The van der Waals surface area contributed by atoms with E-state index in [1.165, 1.54) is 7.11 Å². The smallest absolute Gasteiger partial charge is 0.323 e. The number of rotatable bonds is 4. The van der Waals surface area contributed by atoms with Crippen LogP contribution in [0.15, 0.2) is 47.1 Å². The summed E-state index contributed by atoms with van der Waals surface area (Å²) in [7, 11) is 1.53. The van der Waals surface area contributed by atoms with Crippen LogP contribution < -0.4 is 15.4 Å². The lowest BCUT2D eigenvalue weighted by atomic mass is 10.1. The van der Waals surface area contributed by atoms with Gasteiger partial charge < -0.3 is 15.4 Å². The molecule has 1 aromatic heterocycles. The third-order valence-corrected chi connectivity index (χ3v) is 4.10. The van der Waals surface area contributed by atoms with Gasteiger partial charge in [-0.2, -0.15) is 5.10 Å². The lowest BCUT2D eigenvalue weighted by molar-refractivity contribution is 0.262.